The second-order valence-electron chi connectivity index (χ2n) is 10.1. The first-order chi connectivity index (χ1) is 15.0. The van der Waals surface area contributed by atoms with Crippen LogP contribution in [0.15, 0.2) is 4.99 Å². The zero-order valence-electron chi connectivity index (χ0n) is 20.9. The Balaban J connectivity index is 0.00000363. The van der Waals surface area contributed by atoms with E-state index in [0.29, 0.717) is 5.91 Å². The van der Waals surface area contributed by atoms with Gasteiger partial charge in [0, 0.05) is 66.0 Å². The van der Waals surface area contributed by atoms with Gasteiger partial charge in [0.25, 0.3) is 0 Å². The fraction of sp³-hybridized carbons (Fsp3) is 0.917. The van der Waals surface area contributed by atoms with Gasteiger partial charge in [0.2, 0.25) is 5.91 Å². The topological polar surface area (TPSA) is 54.4 Å². The van der Waals surface area contributed by atoms with Gasteiger partial charge < -0.3 is 20.0 Å². The lowest BCUT2D eigenvalue weighted by Gasteiger charge is -2.39. The number of piperidine rings is 1. The van der Waals surface area contributed by atoms with Crippen molar-refractivity contribution in [3.63, 3.8) is 0 Å². The molecule has 0 aromatic rings. The molecule has 32 heavy (non-hydrogen) atoms. The molecule has 3 fully saturated rings. The van der Waals surface area contributed by atoms with Gasteiger partial charge in [-0.05, 0) is 57.4 Å². The van der Waals surface area contributed by atoms with E-state index in [1.165, 1.54) is 38.9 Å². The molecule has 3 aliphatic rings. The standard InChI is InChI=1S/C24H46N6O.HI/c1-20-17-21(2)19-27(18-20)10-6-5-9-26-24(25-4)30-15-13-28(14-16-30)22(3)23(31)29-11-7-8-12-29;/h20-22H,5-19H2,1-4H3,(H,25,26);1H. The molecule has 1 N–H and O–H groups in total. The predicted molar refractivity (Wildman–Crippen MR) is 144 cm³/mol. The molecule has 0 bridgehead atoms. The molecule has 3 saturated heterocycles. The number of carbonyl (C=O) groups is 1. The first-order valence-electron chi connectivity index (χ1n) is 12.7. The van der Waals surface area contributed by atoms with E-state index < -0.39 is 0 Å². The number of nitrogens with zero attached hydrogens (tertiary/aromatic N) is 5. The number of amides is 1. The van der Waals surface area contributed by atoms with Crippen LogP contribution in [0.1, 0.15) is 52.9 Å². The number of carbonyl (C=O) groups excluding carboxylic acids is 1. The minimum atomic E-state index is -0.00421. The number of halogens is 1. The number of likely N-dealkylation sites (tertiary alicyclic amines) is 2. The third kappa shape index (κ3) is 8.01. The van der Waals surface area contributed by atoms with E-state index in [2.05, 4.69) is 45.8 Å². The fourth-order valence-corrected chi connectivity index (χ4v) is 5.65. The maximum Gasteiger partial charge on any atom is 0.239 e. The van der Waals surface area contributed by atoms with Crippen molar-refractivity contribution < 1.29 is 4.79 Å². The average Bonchev–Trinajstić information content (AvgIpc) is 3.30. The summed E-state index contributed by atoms with van der Waals surface area (Å²) in [5.41, 5.74) is 0. The highest BCUT2D eigenvalue weighted by Crippen LogP contribution is 2.21. The summed E-state index contributed by atoms with van der Waals surface area (Å²) < 4.78 is 0. The maximum atomic E-state index is 12.7. The van der Waals surface area contributed by atoms with Gasteiger partial charge in [0.15, 0.2) is 5.96 Å². The Morgan fingerprint density at radius 2 is 1.59 bits per heavy atom. The Hall–Kier alpha value is -0.610. The third-order valence-electron chi connectivity index (χ3n) is 7.28. The van der Waals surface area contributed by atoms with Gasteiger partial charge in [-0.3, -0.25) is 14.7 Å². The molecule has 8 heteroatoms. The minimum absolute atomic E-state index is 0. The van der Waals surface area contributed by atoms with Crippen molar-refractivity contribution in [2.24, 2.45) is 16.8 Å². The van der Waals surface area contributed by atoms with Gasteiger partial charge in [0.05, 0.1) is 6.04 Å². The van der Waals surface area contributed by atoms with Gasteiger partial charge in [-0.2, -0.15) is 0 Å². The largest absolute Gasteiger partial charge is 0.356 e. The smallest absolute Gasteiger partial charge is 0.239 e. The van der Waals surface area contributed by atoms with Crippen LogP contribution in [0.3, 0.4) is 0 Å². The first kappa shape index (κ1) is 27.6. The molecule has 0 spiro atoms. The Kier molecular flexibility index (Phi) is 12.0. The Morgan fingerprint density at radius 3 is 2.19 bits per heavy atom. The van der Waals surface area contributed by atoms with Gasteiger partial charge >= 0.3 is 0 Å². The lowest BCUT2D eigenvalue weighted by molar-refractivity contribution is -0.135. The van der Waals surface area contributed by atoms with Crippen molar-refractivity contribution in [2.75, 3.05) is 72.5 Å². The van der Waals surface area contributed by atoms with Gasteiger partial charge in [0.1, 0.15) is 0 Å². The van der Waals surface area contributed by atoms with Crippen LogP contribution in [-0.2, 0) is 4.79 Å². The number of unbranched alkanes of at least 4 members (excludes halogenated alkanes) is 1. The van der Waals surface area contributed by atoms with Crippen molar-refractivity contribution in [1.82, 2.24) is 24.9 Å². The van der Waals surface area contributed by atoms with Crippen molar-refractivity contribution in [3.05, 3.63) is 0 Å². The summed E-state index contributed by atoms with van der Waals surface area (Å²) in [4.78, 5) is 26.6. The summed E-state index contributed by atoms with van der Waals surface area (Å²) in [6.45, 7) is 17.2. The molecule has 1 amide bonds. The second-order valence-corrected chi connectivity index (χ2v) is 10.1. The Labute approximate surface area is 213 Å². The summed E-state index contributed by atoms with van der Waals surface area (Å²) in [6.07, 6.45) is 6.12. The molecule has 3 unspecified atom stereocenters. The second kappa shape index (κ2) is 13.9. The number of hydrogen-bond donors (Lipinski definition) is 1. The number of piperazine rings is 1. The molecule has 3 rings (SSSR count). The van der Waals surface area contributed by atoms with Gasteiger partial charge in [-0.25, -0.2) is 0 Å². The molecule has 3 heterocycles. The molecule has 0 aliphatic carbocycles. The van der Waals surface area contributed by atoms with E-state index in [4.69, 9.17) is 0 Å². The summed E-state index contributed by atoms with van der Waals surface area (Å²) in [7, 11) is 1.88. The molecule has 3 atom stereocenters. The summed E-state index contributed by atoms with van der Waals surface area (Å²) in [5, 5.41) is 3.57. The highest BCUT2D eigenvalue weighted by atomic mass is 127. The van der Waals surface area contributed by atoms with Crippen molar-refractivity contribution in [3.8, 4) is 0 Å². The zero-order valence-corrected chi connectivity index (χ0v) is 23.2. The lowest BCUT2D eigenvalue weighted by Crippen LogP contribution is -2.57. The van der Waals surface area contributed by atoms with E-state index in [9.17, 15) is 4.79 Å². The van der Waals surface area contributed by atoms with E-state index in [1.807, 2.05) is 11.9 Å². The highest BCUT2D eigenvalue weighted by molar-refractivity contribution is 14.0. The van der Waals surface area contributed by atoms with Crippen LogP contribution in [0.25, 0.3) is 0 Å². The first-order valence-corrected chi connectivity index (χ1v) is 12.7. The molecule has 0 aromatic heterocycles. The van der Waals surface area contributed by atoms with E-state index in [1.54, 1.807) is 0 Å². The fourth-order valence-electron chi connectivity index (χ4n) is 5.65. The number of aliphatic imine (C=N–C) groups is 1. The highest BCUT2D eigenvalue weighted by Gasteiger charge is 2.30. The molecule has 0 aromatic carbocycles. The average molecular weight is 563 g/mol. The van der Waals surface area contributed by atoms with Crippen molar-refractivity contribution in [2.45, 2.75) is 58.9 Å². The van der Waals surface area contributed by atoms with E-state index in [0.717, 1.165) is 76.5 Å². The zero-order chi connectivity index (χ0) is 22.2. The molecule has 0 saturated carbocycles. The Morgan fingerprint density at radius 1 is 0.969 bits per heavy atom. The lowest BCUT2D eigenvalue weighted by atomic mass is 9.92. The molecule has 3 aliphatic heterocycles. The maximum absolute atomic E-state index is 12.7. The van der Waals surface area contributed by atoms with Crippen LogP contribution >= 0.6 is 24.0 Å². The number of guanidine groups is 1. The quantitative estimate of drug-likeness (QED) is 0.224. The van der Waals surface area contributed by atoms with Crippen LogP contribution in [0.5, 0.6) is 0 Å². The van der Waals surface area contributed by atoms with Crippen LogP contribution in [0.4, 0.5) is 0 Å². The molecule has 7 nitrogen and oxygen atoms in total. The molecular weight excluding hydrogens is 515 g/mol. The van der Waals surface area contributed by atoms with Crippen LogP contribution in [0, 0.1) is 11.8 Å². The molecule has 0 radical (unpaired) electrons. The van der Waals surface area contributed by atoms with E-state index >= 15 is 0 Å². The van der Waals surface area contributed by atoms with Crippen LogP contribution in [-0.4, -0.2) is 110 Å². The van der Waals surface area contributed by atoms with Gasteiger partial charge in [-0.1, -0.05) is 13.8 Å². The Bertz CT molecular complexity index is 579. The van der Waals surface area contributed by atoms with Crippen LogP contribution in [0.2, 0.25) is 0 Å². The molecular formula is C24H47IN6O. The SMILES string of the molecule is CN=C(NCCCCN1CC(C)CC(C)C1)N1CCN(C(C)C(=O)N2CCCC2)CC1.I. The number of rotatable bonds is 7. The van der Waals surface area contributed by atoms with Crippen molar-refractivity contribution >= 4 is 35.8 Å². The summed E-state index contributed by atoms with van der Waals surface area (Å²) >= 11 is 0. The summed E-state index contributed by atoms with van der Waals surface area (Å²) in [5.74, 6) is 3.00. The monoisotopic (exact) mass is 562 g/mol. The number of hydrogen-bond acceptors (Lipinski definition) is 4. The van der Waals surface area contributed by atoms with E-state index in [-0.39, 0.29) is 30.0 Å². The normalized spacial score (nSPS) is 26.7. The van der Waals surface area contributed by atoms with Gasteiger partial charge in [-0.15, -0.1) is 24.0 Å². The number of nitrogens with one attached hydrogen (secondary N) is 1. The molecule has 186 valence electrons. The minimum Gasteiger partial charge on any atom is -0.356 e. The van der Waals surface area contributed by atoms with Crippen LogP contribution < -0.4 is 5.32 Å². The van der Waals surface area contributed by atoms with Crippen molar-refractivity contribution in [1.29, 1.82) is 0 Å². The predicted octanol–water partition coefficient (Wildman–Crippen LogP) is 2.57. The summed E-state index contributed by atoms with van der Waals surface area (Å²) in [6, 6.07) is -0.00421. The third-order valence-corrected chi connectivity index (χ3v) is 7.28.